The smallest absolute Gasteiger partial charge is 0.166 e. The first-order chi connectivity index (χ1) is 9.20. The molecule has 0 aliphatic carbocycles. The SMILES string of the molecule is CSc1ccc(C(=O)C(C)CN2CCNCC2)cc1. The van der Waals surface area contributed by atoms with Crippen molar-refractivity contribution in [2.24, 2.45) is 5.92 Å². The molecule has 2 rings (SSSR count). The molecule has 1 aromatic carbocycles. The number of hydrogen-bond acceptors (Lipinski definition) is 4. The molecule has 1 aliphatic rings. The highest BCUT2D eigenvalue weighted by atomic mass is 32.2. The standard InChI is InChI=1S/C15H22N2OS/c1-12(11-17-9-7-16-8-10-17)15(18)13-3-5-14(19-2)6-4-13/h3-6,12,16H,7-11H2,1-2H3. The second-order valence-corrected chi connectivity index (χ2v) is 5.92. The summed E-state index contributed by atoms with van der Waals surface area (Å²) in [7, 11) is 0. The lowest BCUT2D eigenvalue weighted by atomic mass is 9.98. The first kappa shape index (κ1) is 14.6. The lowest BCUT2D eigenvalue weighted by molar-refractivity contribution is 0.0887. The Morgan fingerprint density at radius 3 is 2.53 bits per heavy atom. The predicted octanol–water partition coefficient (Wildman–Crippen LogP) is 2.13. The summed E-state index contributed by atoms with van der Waals surface area (Å²) < 4.78 is 0. The third kappa shape index (κ3) is 4.06. The van der Waals surface area contributed by atoms with Gasteiger partial charge in [-0.3, -0.25) is 4.79 Å². The number of carbonyl (C=O) groups is 1. The second-order valence-electron chi connectivity index (χ2n) is 5.04. The number of nitrogens with zero attached hydrogens (tertiary/aromatic N) is 1. The summed E-state index contributed by atoms with van der Waals surface area (Å²) >= 11 is 1.70. The third-order valence-corrected chi connectivity index (χ3v) is 4.31. The fourth-order valence-electron chi connectivity index (χ4n) is 2.40. The van der Waals surface area contributed by atoms with Gasteiger partial charge in [0.2, 0.25) is 0 Å². The van der Waals surface area contributed by atoms with E-state index in [2.05, 4.69) is 10.2 Å². The molecule has 1 fully saturated rings. The topological polar surface area (TPSA) is 32.3 Å². The van der Waals surface area contributed by atoms with Gasteiger partial charge in [0.15, 0.2) is 5.78 Å². The van der Waals surface area contributed by atoms with Crippen LogP contribution in [0.25, 0.3) is 0 Å². The van der Waals surface area contributed by atoms with Crippen molar-refractivity contribution < 1.29 is 4.79 Å². The molecule has 1 N–H and O–H groups in total. The van der Waals surface area contributed by atoms with Gasteiger partial charge in [0.25, 0.3) is 0 Å². The summed E-state index contributed by atoms with van der Waals surface area (Å²) in [5.74, 6) is 0.324. The number of piperazine rings is 1. The molecule has 0 saturated carbocycles. The molecular weight excluding hydrogens is 256 g/mol. The van der Waals surface area contributed by atoms with Gasteiger partial charge >= 0.3 is 0 Å². The molecule has 19 heavy (non-hydrogen) atoms. The van der Waals surface area contributed by atoms with Crippen molar-refractivity contribution in [2.45, 2.75) is 11.8 Å². The minimum Gasteiger partial charge on any atom is -0.314 e. The summed E-state index contributed by atoms with van der Waals surface area (Å²) in [5.41, 5.74) is 0.834. The first-order valence-electron chi connectivity index (χ1n) is 6.82. The number of ketones is 1. The van der Waals surface area contributed by atoms with Gasteiger partial charge in [-0.25, -0.2) is 0 Å². The fourth-order valence-corrected chi connectivity index (χ4v) is 2.81. The van der Waals surface area contributed by atoms with Crippen molar-refractivity contribution in [3.63, 3.8) is 0 Å². The Morgan fingerprint density at radius 2 is 1.95 bits per heavy atom. The predicted molar refractivity (Wildman–Crippen MR) is 81.0 cm³/mol. The third-order valence-electron chi connectivity index (χ3n) is 3.56. The Hall–Kier alpha value is -0.840. The van der Waals surface area contributed by atoms with Crippen LogP contribution in [0.3, 0.4) is 0 Å². The van der Waals surface area contributed by atoms with E-state index in [4.69, 9.17) is 0 Å². The summed E-state index contributed by atoms with van der Waals surface area (Å²) in [4.78, 5) is 15.9. The maximum Gasteiger partial charge on any atom is 0.166 e. The highest BCUT2D eigenvalue weighted by molar-refractivity contribution is 7.98. The molecule has 1 unspecified atom stereocenters. The Bertz CT molecular complexity index is 413. The van der Waals surface area contributed by atoms with Crippen molar-refractivity contribution >= 4 is 17.5 Å². The van der Waals surface area contributed by atoms with Crippen LogP contribution in [0.2, 0.25) is 0 Å². The van der Waals surface area contributed by atoms with Crippen molar-refractivity contribution in [1.29, 1.82) is 0 Å². The number of hydrogen-bond donors (Lipinski definition) is 1. The Balaban J connectivity index is 1.93. The quantitative estimate of drug-likeness (QED) is 0.660. The van der Waals surface area contributed by atoms with Crippen molar-refractivity contribution in [1.82, 2.24) is 10.2 Å². The molecule has 4 heteroatoms. The monoisotopic (exact) mass is 278 g/mol. The highest BCUT2D eigenvalue weighted by Crippen LogP contribution is 2.17. The number of thioether (sulfide) groups is 1. The van der Waals surface area contributed by atoms with Crippen LogP contribution in [-0.4, -0.2) is 49.7 Å². The van der Waals surface area contributed by atoms with E-state index in [0.717, 1.165) is 38.3 Å². The molecule has 0 aromatic heterocycles. The van der Waals surface area contributed by atoms with Crippen LogP contribution in [-0.2, 0) is 0 Å². The van der Waals surface area contributed by atoms with E-state index in [0.29, 0.717) is 0 Å². The Morgan fingerprint density at radius 1 is 1.32 bits per heavy atom. The number of nitrogens with one attached hydrogen (secondary N) is 1. The summed E-state index contributed by atoms with van der Waals surface area (Å²) in [5, 5.41) is 3.33. The zero-order valence-electron chi connectivity index (χ0n) is 11.7. The number of benzene rings is 1. The maximum absolute atomic E-state index is 12.4. The van der Waals surface area contributed by atoms with Gasteiger partial charge in [-0.2, -0.15) is 0 Å². The summed E-state index contributed by atoms with van der Waals surface area (Å²) in [6, 6.07) is 7.94. The summed E-state index contributed by atoms with van der Waals surface area (Å²) in [6.07, 6.45) is 2.05. The first-order valence-corrected chi connectivity index (χ1v) is 8.04. The van der Waals surface area contributed by atoms with Crippen LogP contribution in [0.5, 0.6) is 0 Å². The molecule has 1 saturated heterocycles. The maximum atomic E-state index is 12.4. The molecule has 1 atom stereocenters. The van der Waals surface area contributed by atoms with Gasteiger partial charge in [-0.05, 0) is 18.4 Å². The van der Waals surface area contributed by atoms with Crippen LogP contribution >= 0.6 is 11.8 Å². The molecule has 1 heterocycles. The van der Waals surface area contributed by atoms with E-state index in [1.54, 1.807) is 11.8 Å². The average Bonchev–Trinajstić information content (AvgIpc) is 2.47. The van der Waals surface area contributed by atoms with E-state index in [1.165, 1.54) is 4.90 Å². The summed E-state index contributed by atoms with van der Waals surface area (Å²) in [6.45, 7) is 7.05. The molecule has 0 amide bonds. The van der Waals surface area contributed by atoms with E-state index >= 15 is 0 Å². The van der Waals surface area contributed by atoms with Gasteiger partial charge in [-0.15, -0.1) is 11.8 Å². The fraction of sp³-hybridized carbons (Fsp3) is 0.533. The normalized spacial score (nSPS) is 18.2. The van der Waals surface area contributed by atoms with E-state index in [9.17, 15) is 4.79 Å². The molecule has 1 aromatic rings. The van der Waals surface area contributed by atoms with Crippen LogP contribution in [0.4, 0.5) is 0 Å². The van der Waals surface area contributed by atoms with Gasteiger partial charge < -0.3 is 10.2 Å². The largest absolute Gasteiger partial charge is 0.314 e. The number of Topliss-reactive ketones (excluding diaryl/α,β-unsaturated/α-hetero) is 1. The van der Waals surface area contributed by atoms with Crippen molar-refractivity contribution in [3.05, 3.63) is 29.8 Å². The lowest BCUT2D eigenvalue weighted by Crippen LogP contribution is -2.45. The van der Waals surface area contributed by atoms with Crippen molar-refractivity contribution in [3.8, 4) is 0 Å². The van der Waals surface area contributed by atoms with Crippen LogP contribution in [0, 0.1) is 5.92 Å². The number of rotatable bonds is 5. The lowest BCUT2D eigenvalue weighted by Gasteiger charge is -2.29. The number of carbonyl (C=O) groups excluding carboxylic acids is 1. The Kier molecular flexibility index (Phi) is 5.43. The molecular formula is C15H22N2OS. The molecule has 104 valence electrons. The molecule has 0 radical (unpaired) electrons. The van der Waals surface area contributed by atoms with Gasteiger partial charge in [0.1, 0.15) is 0 Å². The molecule has 3 nitrogen and oxygen atoms in total. The zero-order valence-corrected chi connectivity index (χ0v) is 12.5. The van der Waals surface area contributed by atoms with Gasteiger partial charge in [-0.1, -0.05) is 19.1 Å². The average molecular weight is 278 g/mol. The van der Waals surface area contributed by atoms with Crippen LogP contribution in [0.1, 0.15) is 17.3 Å². The van der Waals surface area contributed by atoms with Gasteiger partial charge in [0, 0.05) is 49.1 Å². The second kappa shape index (κ2) is 7.08. The van der Waals surface area contributed by atoms with Gasteiger partial charge in [0.05, 0.1) is 0 Å². The molecule has 0 bridgehead atoms. The van der Waals surface area contributed by atoms with E-state index in [1.807, 2.05) is 37.4 Å². The Labute approximate surface area is 119 Å². The van der Waals surface area contributed by atoms with E-state index < -0.39 is 0 Å². The van der Waals surface area contributed by atoms with Crippen LogP contribution in [0.15, 0.2) is 29.2 Å². The molecule has 1 aliphatic heterocycles. The minimum absolute atomic E-state index is 0.0678. The van der Waals surface area contributed by atoms with Crippen molar-refractivity contribution in [2.75, 3.05) is 39.0 Å². The zero-order chi connectivity index (χ0) is 13.7. The molecule has 0 spiro atoms. The van der Waals surface area contributed by atoms with E-state index in [-0.39, 0.29) is 11.7 Å². The minimum atomic E-state index is 0.0678. The highest BCUT2D eigenvalue weighted by Gasteiger charge is 2.19. The van der Waals surface area contributed by atoms with Crippen LogP contribution < -0.4 is 5.32 Å².